The van der Waals surface area contributed by atoms with E-state index in [1.807, 2.05) is 6.07 Å². The molecular weight excluding hydrogens is 200 g/mol. The zero-order chi connectivity index (χ0) is 11.0. The number of nitrogens with one attached hydrogen (secondary N) is 1. The lowest BCUT2D eigenvalue weighted by Crippen LogP contribution is -2.38. The van der Waals surface area contributed by atoms with Gasteiger partial charge in [0.25, 0.3) is 5.91 Å². The molecule has 1 amide bonds. The summed E-state index contributed by atoms with van der Waals surface area (Å²) in [5.41, 5.74) is 0.672. The molecule has 3 atom stereocenters. The zero-order valence-corrected chi connectivity index (χ0v) is 9.23. The SMILES string of the molecule is O=C(NC1CC2CCC1C2)c1cccnc1. The molecule has 0 radical (unpaired) electrons. The first kappa shape index (κ1) is 9.82. The van der Waals surface area contributed by atoms with Crippen molar-refractivity contribution in [2.75, 3.05) is 0 Å². The average Bonchev–Trinajstić information content (AvgIpc) is 2.92. The number of amides is 1. The third kappa shape index (κ3) is 1.70. The summed E-state index contributed by atoms with van der Waals surface area (Å²) in [6.45, 7) is 0. The van der Waals surface area contributed by atoms with Crippen LogP contribution in [0.15, 0.2) is 24.5 Å². The van der Waals surface area contributed by atoms with Crippen LogP contribution in [-0.4, -0.2) is 16.9 Å². The van der Waals surface area contributed by atoms with Gasteiger partial charge >= 0.3 is 0 Å². The van der Waals surface area contributed by atoms with Gasteiger partial charge < -0.3 is 5.32 Å². The van der Waals surface area contributed by atoms with Crippen molar-refractivity contribution in [2.24, 2.45) is 11.8 Å². The summed E-state index contributed by atoms with van der Waals surface area (Å²) >= 11 is 0. The molecule has 3 rings (SSSR count). The van der Waals surface area contributed by atoms with Gasteiger partial charge in [-0.1, -0.05) is 6.42 Å². The van der Waals surface area contributed by atoms with Crippen LogP contribution >= 0.6 is 0 Å². The number of nitrogens with zero attached hydrogens (tertiary/aromatic N) is 1. The van der Waals surface area contributed by atoms with Crippen LogP contribution in [0.2, 0.25) is 0 Å². The van der Waals surface area contributed by atoms with Gasteiger partial charge in [0.2, 0.25) is 0 Å². The smallest absolute Gasteiger partial charge is 0.253 e. The quantitative estimate of drug-likeness (QED) is 0.821. The van der Waals surface area contributed by atoms with Gasteiger partial charge in [0.05, 0.1) is 5.56 Å². The second-order valence-corrected chi connectivity index (χ2v) is 5.00. The molecule has 2 bridgehead atoms. The van der Waals surface area contributed by atoms with E-state index in [2.05, 4.69) is 10.3 Å². The minimum absolute atomic E-state index is 0.0330. The van der Waals surface area contributed by atoms with Crippen LogP contribution in [-0.2, 0) is 0 Å². The van der Waals surface area contributed by atoms with E-state index in [-0.39, 0.29) is 5.91 Å². The van der Waals surface area contributed by atoms with E-state index >= 15 is 0 Å². The van der Waals surface area contributed by atoms with Gasteiger partial charge in [0.15, 0.2) is 0 Å². The molecule has 2 aliphatic carbocycles. The molecular formula is C13H16N2O. The first-order valence-corrected chi connectivity index (χ1v) is 6.04. The molecule has 0 aromatic carbocycles. The fourth-order valence-electron chi connectivity index (χ4n) is 3.17. The zero-order valence-electron chi connectivity index (χ0n) is 9.23. The van der Waals surface area contributed by atoms with Gasteiger partial charge in [-0.05, 0) is 43.2 Å². The summed E-state index contributed by atoms with van der Waals surface area (Å²) in [5.74, 6) is 1.63. The maximum absolute atomic E-state index is 11.9. The first-order chi connectivity index (χ1) is 7.83. The Hall–Kier alpha value is -1.38. The van der Waals surface area contributed by atoms with E-state index in [1.165, 1.54) is 25.7 Å². The van der Waals surface area contributed by atoms with Crippen molar-refractivity contribution in [3.63, 3.8) is 0 Å². The second-order valence-electron chi connectivity index (χ2n) is 5.00. The van der Waals surface area contributed by atoms with Gasteiger partial charge in [0.1, 0.15) is 0 Å². The highest BCUT2D eigenvalue weighted by atomic mass is 16.1. The van der Waals surface area contributed by atoms with Crippen LogP contribution in [0, 0.1) is 11.8 Å². The van der Waals surface area contributed by atoms with Crippen molar-refractivity contribution in [1.82, 2.24) is 10.3 Å². The minimum atomic E-state index is 0.0330. The number of hydrogen-bond donors (Lipinski definition) is 1. The van der Waals surface area contributed by atoms with E-state index < -0.39 is 0 Å². The topological polar surface area (TPSA) is 42.0 Å². The first-order valence-electron chi connectivity index (χ1n) is 6.04. The summed E-state index contributed by atoms with van der Waals surface area (Å²) < 4.78 is 0. The van der Waals surface area contributed by atoms with E-state index in [4.69, 9.17) is 0 Å². The maximum Gasteiger partial charge on any atom is 0.253 e. The maximum atomic E-state index is 11.9. The van der Waals surface area contributed by atoms with Crippen molar-refractivity contribution < 1.29 is 4.79 Å². The molecule has 1 heterocycles. The fourth-order valence-corrected chi connectivity index (χ4v) is 3.17. The Bertz CT molecular complexity index is 390. The lowest BCUT2D eigenvalue weighted by Gasteiger charge is -2.22. The van der Waals surface area contributed by atoms with E-state index in [0.717, 1.165) is 11.8 Å². The molecule has 0 spiro atoms. The lowest BCUT2D eigenvalue weighted by atomic mass is 9.95. The molecule has 2 saturated carbocycles. The van der Waals surface area contributed by atoms with Gasteiger partial charge in [-0.25, -0.2) is 0 Å². The fraction of sp³-hybridized carbons (Fsp3) is 0.538. The predicted octanol–water partition coefficient (Wildman–Crippen LogP) is 2.00. The van der Waals surface area contributed by atoms with Crippen molar-refractivity contribution in [1.29, 1.82) is 0 Å². The molecule has 3 heteroatoms. The normalized spacial score (nSPS) is 31.6. The Morgan fingerprint density at radius 2 is 2.31 bits per heavy atom. The van der Waals surface area contributed by atoms with Crippen molar-refractivity contribution >= 4 is 5.91 Å². The van der Waals surface area contributed by atoms with Crippen LogP contribution in [0.4, 0.5) is 0 Å². The summed E-state index contributed by atoms with van der Waals surface area (Å²) in [7, 11) is 0. The highest BCUT2D eigenvalue weighted by Crippen LogP contribution is 2.44. The van der Waals surface area contributed by atoms with Gasteiger partial charge in [0, 0.05) is 18.4 Å². The van der Waals surface area contributed by atoms with Crippen LogP contribution in [0.3, 0.4) is 0 Å². The summed E-state index contributed by atoms with van der Waals surface area (Å²) in [5, 5.41) is 3.15. The molecule has 0 saturated heterocycles. The number of carbonyl (C=O) groups is 1. The Labute approximate surface area is 95.3 Å². The van der Waals surface area contributed by atoms with Gasteiger partial charge in [-0.3, -0.25) is 9.78 Å². The molecule has 16 heavy (non-hydrogen) atoms. The highest BCUT2D eigenvalue weighted by molar-refractivity contribution is 5.94. The van der Waals surface area contributed by atoms with Crippen LogP contribution < -0.4 is 5.32 Å². The van der Waals surface area contributed by atoms with E-state index in [1.54, 1.807) is 18.5 Å². The van der Waals surface area contributed by atoms with Gasteiger partial charge in [-0.2, -0.15) is 0 Å². The molecule has 84 valence electrons. The average molecular weight is 216 g/mol. The number of hydrogen-bond acceptors (Lipinski definition) is 2. The number of carbonyl (C=O) groups excluding carboxylic acids is 1. The Morgan fingerprint density at radius 3 is 2.94 bits per heavy atom. The van der Waals surface area contributed by atoms with E-state index in [9.17, 15) is 4.79 Å². The molecule has 2 fully saturated rings. The Morgan fingerprint density at radius 1 is 1.38 bits per heavy atom. The largest absolute Gasteiger partial charge is 0.349 e. The van der Waals surface area contributed by atoms with Crippen LogP contribution in [0.1, 0.15) is 36.0 Å². The third-order valence-electron chi connectivity index (χ3n) is 3.98. The monoisotopic (exact) mass is 216 g/mol. The van der Waals surface area contributed by atoms with Crippen LogP contribution in [0.5, 0.6) is 0 Å². The molecule has 3 nitrogen and oxygen atoms in total. The molecule has 0 aliphatic heterocycles. The van der Waals surface area contributed by atoms with E-state index in [0.29, 0.717) is 11.6 Å². The lowest BCUT2D eigenvalue weighted by molar-refractivity contribution is 0.0922. The van der Waals surface area contributed by atoms with Crippen molar-refractivity contribution in [3.8, 4) is 0 Å². The third-order valence-corrected chi connectivity index (χ3v) is 3.98. The summed E-state index contributed by atoms with van der Waals surface area (Å²) in [6.07, 6.45) is 8.47. The van der Waals surface area contributed by atoms with Crippen molar-refractivity contribution in [2.45, 2.75) is 31.7 Å². The molecule has 1 N–H and O–H groups in total. The number of aromatic nitrogens is 1. The molecule has 1 aromatic rings. The minimum Gasteiger partial charge on any atom is -0.349 e. The van der Waals surface area contributed by atoms with Gasteiger partial charge in [-0.15, -0.1) is 0 Å². The van der Waals surface area contributed by atoms with Crippen molar-refractivity contribution in [3.05, 3.63) is 30.1 Å². The standard InChI is InChI=1S/C13H16N2O/c16-13(11-2-1-5-14-8-11)15-12-7-9-3-4-10(12)6-9/h1-2,5,8-10,12H,3-4,6-7H2,(H,15,16). The molecule has 1 aromatic heterocycles. The second kappa shape index (κ2) is 3.89. The summed E-state index contributed by atoms with van der Waals surface area (Å²) in [6, 6.07) is 4.03. The molecule has 2 aliphatic rings. The number of fused-ring (bicyclic) bond motifs is 2. The molecule has 3 unspecified atom stereocenters. The highest BCUT2D eigenvalue weighted by Gasteiger charge is 2.40. The summed E-state index contributed by atoms with van der Waals surface area (Å²) in [4.78, 5) is 15.9. The van der Waals surface area contributed by atoms with Crippen LogP contribution in [0.25, 0.3) is 0 Å². The Kier molecular flexibility index (Phi) is 2.39. The predicted molar refractivity (Wildman–Crippen MR) is 60.9 cm³/mol. The number of rotatable bonds is 2. The Balaban J connectivity index is 1.65. The number of pyridine rings is 1.